The summed E-state index contributed by atoms with van der Waals surface area (Å²) < 4.78 is 11.3. The SMILES string of the molecule is CNC(=O)C1CCCCN1C(=O)c1ccc(COc2ccccc2)o1. The molecule has 3 rings (SSSR count). The lowest BCUT2D eigenvalue weighted by Crippen LogP contribution is -2.51. The van der Waals surface area contributed by atoms with Crippen LogP contribution in [0.1, 0.15) is 35.6 Å². The molecule has 2 aromatic rings. The fourth-order valence-electron chi connectivity index (χ4n) is 3.00. The quantitative estimate of drug-likeness (QED) is 0.907. The second kappa shape index (κ2) is 7.88. The Morgan fingerprint density at radius 3 is 2.76 bits per heavy atom. The van der Waals surface area contributed by atoms with E-state index in [1.54, 1.807) is 24.1 Å². The molecule has 1 aliphatic heterocycles. The molecule has 0 radical (unpaired) electrons. The Bertz CT molecular complexity index is 726. The molecular formula is C19H22N2O4. The maximum absolute atomic E-state index is 12.7. The van der Waals surface area contributed by atoms with Crippen molar-refractivity contribution >= 4 is 11.8 Å². The van der Waals surface area contributed by atoms with Crippen LogP contribution in [0.3, 0.4) is 0 Å². The Morgan fingerprint density at radius 2 is 2.00 bits per heavy atom. The number of nitrogens with zero attached hydrogens (tertiary/aromatic N) is 1. The third-order valence-corrected chi connectivity index (χ3v) is 4.31. The molecule has 1 N–H and O–H groups in total. The van der Waals surface area contributed by atoms with E-state index in [4.69, 9.17) is 9.15 Å². The van der Waals surface area contributed by atoms with Crippen LogP contribution in [0.4, 0.5) is 0 Å². The van der Waals surface area contributed by atoms with Gasteiger partial charge in [-0.2, -0.15) is 0 Å². The van der Waals surface area contributed by atoms with Crippen molar-refractivity contribution in [3.05, 3.63) is 54.0 Å². The molecule has 0 saturated carbocycles. The summed E-state index contributed by atoms with van der Waals surface area (Å²) in [6, 6.07) is 12.4. The summed E-state index contributed by atoms with van der Waals surface area (Å²) in [7, 11) is 1.59. The van der Waals surface area contributed by atoms with Crippen molar-refractivity contribution in [1.82, 2.24) is 10.2 Å². The van der Waals surface area contributed by atoms with E-state index >= 15 is 0 Å². The van der Waals surface area contributed by atoms with Crippen LogP contribution in [0.15, 0.2) is 46.9 Å². The number of benzene rings is 1. The number of furan rings is 1. The maximum atomic E-state index is 12.7. The second-order valence-electron chi connectivity index (χ2n) is 5.99. The molecule has 1 atom stereocenters. The van der Waals surface area contributed by atoms with Gasteiger partial charge in [-0.15, -0.1) is 0 Å². The number of hydrogen-bond donors (Lipinski definition) is 1. The number of hydrogen-bond acceptors (Lipinski definition) is 4. The number of para-hydroxylation sites is 1. The summed E-state index contributed by atoms with van der Waals surface area (Å²) in [6.45, 7) is 0.809. The first-order chi connectivity index (χ1) is 12.2. The molecule has 25 heavy (non-hydrogen) atoms. The highest BCUT2D eigenvalue weighted by Crippen LogP contribution is 2.21. The average molecular weight is 342 g/mol. The van der Waals surface area contributed by atoms with E-state index in [9.17, 15) is 9.59 Å². The smallest absolute Gasteiger partial charge is 0.290 e. The number of amides is 2. The zero-order valence-electron chi connectivity index (χ0n) is 14.2. The molecule has 2 amide bonds. The van der Waals surface area contributed by atoms with Crippen molar-refractivity contribution in [1.29, 1.82) is 0 Å². The van der Waals surface area contributed by atoms with Gasteiger partial charge in [0, 0.05) is 13.6 Å². The molecule has 1 saturated heterocycles. The molecule has 1 aromatic heterocycles. The van der Waals surface area contributed by atoms with Crippen molar-refractivity contribution in [2.75, 3.05) is 13.6 Å². The fourth-order valence-corrected chi connectivity index (χ4v) is 3.00. The monoisotopic (exact) mass is 342 g/mol. The second-order valence-corrected chi connectivity index (χ2v) is 5.99. The van der Waals surface area contributed by atoms with E-state index in [0.717, 1.165) is 18.6 Å². The summed E-state index contributed by atoms with van der Waals surface area (Å²) in [5.41, 5.74) is 0. The van der Waals surface area contributed by atoms with E-state index in [1.807, 2.05) is 30.3 Å². The topological polar surface area (TPSA) is 71.8 Å². The first-order valence-electron chi connectivity index (χ1n) is 8.48. The molecule has 132 valence electrons. The van der Waals surface area contributed by atoms with Gasteiger partial charge in [-0.3, -0.25) is 9.59 Å². The predicted octanol–water partition coefficient (Wildman–Crippen LogP) is 2.60. The minimum absolute atomic E-state index is 0.132. The standard InChI is InChI=1S/C19H22N2O4/c1-20-18(22)16-9-5-6-12-21(16)19(23)17-11-10-15(25-17)13-24-14-7-3-2-4-8-14/h2-4,7-8,10-11,16H,5-6,9,12-13H2,1H3,(H,20,22). The number of ether oxygens (including phenoxy) is 1. The van der Waals surface area contributed by atoms with Crippen molar-refractivity contribution in [3.63, 3.8) is 0 Å². The summed E-state index contributed by atoms with van der Waals surface area (Å²) >= 11 is 0. The molecule has 0 spiro atoms. The van der Waals surface area contributed by atoms with Gasteiger partial charge in [0.15, 0.2) is 5.76 Å². The van der Waals surface area contributed by atoms with Gasteiger partial charge in [0.1, 0.15) is 24.2 Å². The van der Waals surface area contributed by atoms with Gasteiger partial charge >= 0.3 is 0 Å². The third-order valence-electron chi connectivity index (χ3n) is 4.31. The zero-order valence-corrected chi connectivity index (χ0v) is 14.2. The summed E-state index contributed by atoms with van der Waals surface area (Å²) in [5.74, 6) is 1.16. The Morgan fingerprint density at radius 1 is 1.20 bits per heavy atom. The molecule has 6 nitrogen and oxygen atoms in total. The molecule has 0 bridgehead atoms. The molecule has 6 heteroatoms. The molecule has 2 heterocycles. The third kappa shape index (κ3) is 4.02. The van der Waals surface area contributed by atoms with E-state index in [1.165, 1.54) is 0 Å². The largest absolute Gasteiger partial charge is 0.486 e. The van der Waals surface area contributed by atoms with Gasteiger partial charge in [-0.25, -0.2) is 0 Å². The summed E-state index contributed by atoms with van der Waals surface area (Å²) in [6.07, 6.45) is 2.51. The minimum Gasteiger partial charge on any atom is -0.486 e. The first kappa shape index (κ1) is 17.1. The zero-order chi connectivity index (χ0) is 17.6. The molecule has 0 aliphatic carbocycles. The Balaban J connectivity index is 1.66. The van der Waals surface area contributed by atoms with Crippen LogP contribution in [0.2, 0.25) is 0 Å². The van der Waals surface area contributed by atoms with E-state index in [0.29, 0.717) is 18.7 Å². The number of carbonyl (C=O) groups excluding carboxylic acids is 2. The number of likely N-dealkylation sites (tertiary alicyclic amines) is 1. The van der Waals surface area contributed by atoms with Gasteiger partial charge in [0.05, 0.1) is 0 Å². The minimum atomic E-state index is -0.430. The maximum Gasteiger partial charge on any atom is 0.290 e. The lowest BCUT2D eigenvalue weighted by Gasteiger charge is -2.33. The highest BCUT2D eigenvalue weighted by Gasteiger charge is 2.33. The first-order valence-corrected chi connectivity index (χ1v) is 8.48. The molecule has 1 fully saturated rings. The van der Waals surface area contributed by atoms with E-state index in [2.05, 4.69) is 5.32 Å². The molecular weight excluding hydrogens is 320 g/mol. The van der Waals surface area contributed by atoms with Gasteiger partial charge in [0.25, 0.3) is 5.91 Å². The van der Waals surface area contributed by atoms with Crippen LogP contribution in [0, 0.1) is 0 Å². The van der Waals surface area contributed by atoms with Crippen LogP contribution in [-0.4, -0.2) is 36.3 Å². The average Bonchev–Trinajstić information content (AvgIpc) is 3.15. The van der Waals surface area contributed by atoms with E-state index in [-0.39, 0.29) is 24.2 Å². The van der Waals surface area contributed by atoms with Crippen molar-refractivity contribution in [2.24, 2.45) is 0 Å². The van der Waals surface area contributed by atoms with Gasteiger partial charge in [0.2, 0.25) is 5.91 Å². The highest BCUT2D eigenvalue weighted by molar-refractivity contribution is 5.95. The number of nitrogens with one attached hydrogen (secondary N) is 1. The lowest BCUT2D eigenvalue weighted by molar-refractivity contribution is -0.126. The van der Waals surface area contributed by atoms with Crippen LogP contribution in [0.25, 0.3) is 0 Å². The Hall–Kier alpha value is -2.76. The number of rotatable bonds is 5. The normalized spacial score (nSPS) is 17.2. The number of carbonyl (C=O) groups is 2. The van der Waals surface area contributed by atoms with Crippen LogP contribution >= 0.6 is 0 Å². The highest BCUT2D eigenvalue weighted by atomic mass is 16.5. The van der Waals surface area contributed by atoms with Crippen LogP contribution in [-0.2, 0) is 11.4 Å². The lowest BCUT2D eigenvalue weighted by atomic mass is 10.0. The van der Waals surface area contributed by atoms with Gasteiger partial charge in [-0.05, 0) is 43.5 Å². The summed E-state index contributed by atoms with van der Waals surface area (Å²) in [5, 5.41) is 2.63. The fraction of sp³-hybridized carbons (Fsp3) is 0.368. The van der Waals surface area contributed by atoms with Crippen molar-refractivity contribution < 1.29 is 18.7 Å². The van der Waals surface area contributed by atoms with Gasteiger partial charge < -0.3 is 19.4 Å². The van der Waals surface area contributed by atoms with Crippen molar-refractivity contribution in [3.8, 4) is 5.75 Å². The molecule has 1 unspecified atom stereocenters. The Kier molecular flexibility index (Phi) is 5.38. The van der Waals surface area contributed by atoms with Crippen LogP contribution < -0.4 is 10.1 Å². The van der Waals surface area contributed by atoms with E-state index < -0.39 is 6.04 Å². The van der Waals surface area contributed by atoms with Crippen LogP contribution in [0.5, 0.6) is 5.75 Å². The van der Waals surface area contributed by atoms with Crippen molar-refractivity contribution in [2.45, 2.75) is 31.9 Å². The Labute approximate surface area is 146 Å². The molecule has 1 aliphatic rings. The van der Waals surface area contributed by atoms with Gasteiger partial charge in [-0.1, -0.05) is 18.2 Å². The molecule has 1 aromatic carbocycles. The number of piperidine rings is 1. The summed E-state index contributed by atoms with van der Waals surface area (Å²) in [4.78, 5) is 26.4. The number of likely N-dealkylation sites (N-methyl/N-ethyl adjacent to an activating group) is 1. The predicted molar refractivity (Wildman–Crippen MR) is 92.2 cm³/mol.